The van der Waals surface area contributed by atoms with E-state index in [-0.39, 0.29) is 6.04 Å². The van der Waals surface area contributed by atoms with Crippen LogP contribution in [0.3, 0.4) is 0 Å². The first-order chi connectivity index (χ1) is 6.22. The molecule has 2 nitrogen and oxygen atoms in total. The summed E-state index contributed by atoms with van der Waals surface area (Å²) in [6, 6.07) is 3.82. The Morgan fingerprint density at radius 3 is 2.85 bits per heavy atom. The summed E-state index contributed by atoms with van der Waals surface area (Å²) in [6.07, 6.45) is 1.24. The summed E-state index contributed by atoms with van der Waals surface area (Å²) in [7, 11) is 0. The number of hydrogen-bond acceptors (Lipinski definition) is 1. The van der Waals surface area contributed by atoms with Gasteiger partial charge in [-0.15, -0.1) is 0 Å². The van der Waals surface area contributed by atoms with Gasteiger partial charge < -0.3 is 9.26 Å². The lowest BCUT2D eigenvalue weighted by Gasteiger charge is -1.93. The Labute approximate surface area is 78.4 Å². The van der Waals surface area contributed by atoms with E-state index >= 15 is 0 Å². The first kappa shape index (κ1) is 8.37. The van der Waals surface area contributed by atoms with Crippen molar-refractivity contribution in [2.24, 2.45) is 5.92 Å². The Hall–Kier alpha value is -1.23. The highest BCUT2D eigenvalue weighted by molar-refractivity contribution is 5.19. The molecule has 0 bridgehead atoms. The fourth-order valence-corrected chi connectivity index (χ4v) is 1.57. The van der Waals surface area contributed by atoms with Gasteiger partial charge in [0, 0.05) is 12.8 Å². The van der Waals surface area contributed by atoms with Crippen LogP contribution in [0.5, 0.6) is 0 Å². The third-order valence-electron chi connectivity index (χ3n) is 2.73. The molecule has 1 saturated carbocycles. The van der Waals surface area contributed by atoms with Crippen molar-refractivity contribution in [3.63, 3.8) is 0 Å². The molecule has 0 N–H and O–H groups in total. The van der Waals surface area contributed by atoms with Crippen LogP contribution in [0.25, 0.3) is 4.85 Å². The highest BCUT2D eigenvalue weighted by Gasteiger charge is 2.37. The van der Waals surface area contributed by atoms with Crippen molar-refractivity contribution in [3.8, 4) is 0 Å². The van der Waals surface area contributed by atoms with Crippen LogP contribution in [0.15, 0.2) is 16.5 Å². The van der Waals surface area contributed by atoms with Crippen LogP contribution in [0, 0.1) is 12.5 Å². The fourth-order valence-electron chi connectivity index (χ4n) is 1.57. The molecule has 2 heteroatoms. The van der Waals surface area contributed by atoms with Crippen molar-refractivity contribution in [2.45, 2.75) is 32.2 Å². The maximum absolute atomic E-state index is 6.88. The molecule has 0 radical (unpaired) electrons. The van der Waals surface area contributed by atoms with Gasteiger partial charge in [-0.25, -0.2) is 6.57 Å². The van der Waals surface area contributed by atoms with E-state index in [2.05, 4.69) is 11.8 Å². The van der Waals surface area contributed by atoms with Crippen molar-refractivity contribution in [2.75, 3.05) is 0 Å². The van der Waals surface area contributed by atoms with Crippen molar-refractivity contribution in [3.05, 3.63) is 35.1 Å². The van der Waals surface area contributed by atoms with E-state index in [0.717, 1.165) is 17.4 Å². The summed E-state index contributed by atoms with van der Waals surface area (Å²) in [5.41, 5.74) is 0. The minimum Gasteiger partial charge on any atom is -0.458 e. The Bertz CT molecular complexity index is 347. The zero-order valence-corrected chi connectivity index (χ0v) is 7.95. The first-order valence-electron chi connectivity index (χ1n) is 4.68. The molecule has 13 heavy (non-hydrogen) atoms. The van der Waals surface area contributed by atoms with Gasteiger partial charge in [-0.2, -0.15) is 0 Å². The number of furan rings is 1. The molecule has 2 rings (SSSR count). The topological polar surface area (TPSA) is 17.5 Å². The Kier molecular flexibility index (Phi) is 1.88. The summed E-state index contributed by atoms with van der Waals surface area (Å²) in [5, 5.41) is 0. The summed E-state index contributed by atoms with van der Waals surface area (Å²) in [6.45, 7) is 11.0. The third-order valence-corrected chi connectivity index (χ3v) is 2.73. The molecule has 1 aromatic heterocycles. The van der Waals surface area contributed by atoms with Gasteiger partial charge in [0.05, 0.1) is 0 Å². The van der Waals surface area contributed by atoms with Gasteiger partial charge in [-0.05, 0) is 24.5 Å². The van der Waals surface area contributed by atoms with Crippen LogP contribution in [-0.4, -0.2) is 0 Å². The van der Waals surface area contributed by atoms with Crippen LogP contribution < -0.4 is 0 Å². The largest absolute Gasteiger partial charge is 0.458 e. The lowest BCUT2D eigenvalue weighted by atomic mass is 10.2. The van der Waals surface area contributed by atoms with Gasteiger partial charge in [0.2, 0.25) is 0 Å². The lowest BCUT2D eigenvalue weighted by molar-refractivity contribution is 0.453. The fraction of sp³-hybridized carbons (Fsp3) is 0.545. The molecule has 0 saturated heterocycles. The minimum atomic E-state index is -0.136. The highest BCUT2D eigenvalue weighted by atomic mass is 16.3. The highest BCUT2D eigenvalue weighted by Crippen LogP contribution is 2.47. The second kappa shape index (κ2) is 2.92. The van der Waals surface area contributed by atoms with E-state index in [9.17, 15) is 0 Å². The summed E-state index contributed by atoms with van der Waals surface area (Å²) in [4.78, 5) is 3.43. The monoisotopic (exact) mass is 175 g/mol. The van der Waals surface area contributed by atoms with Gasteiger partial charge in [-0.3, -0.25) is 0 Å². The van der Waals surface area contributed by atoms with Crippen LogP contribution in [0.1, 0.15) is 43.7 Å². The van der Waals surface area contributed by atoms with E-state index < -0.39 is 0 Å². The van der Waals surface area contributed by atoms with Crippen LogP contribution in [0.2, 0.25) is 0 Å². The molecular formula is C11H13NO. The van der Waals surface area contributed by atoms with Gasteiger partial charge in [0.15, 0.2) is 5.76 Å². The number of hydrogen-bond donors (Lipinski definition) is 0. The SMILES string of the molecule is [C-]#[N+]C(C)c1ccc(C2CC2C)o1. The van der Waals surface area contributed by atoms with Crippen molar-refractivity contribution >= 4 is 0 Å². The molecule has 0 aromatic carbocycles. The Balaban J connectivity index is 2.15. The van der Waals surface area contributed by atoms with E-state index in [4.69, 9.17) is 11.0 Å². The average Bonchev–Trinajstić information content (AvgIpc) is 2.70. The molecule has 3 unspecified atom stereocenters. The van der Waals surface area contributed by atoms with Crippen LogP contribution in [0.4, 0.5) is 0 Å². The molecule has 1 aromatic rings. The normalized spacial score (nSPS) is 28.1. The van der Waals surface area contributed by atoms with E-state index in [1.165, 1.54) is 6.42 Å². The van der Waals surface area contributed by atoms with Crippen molar-refractivity contribution in [1.29, 1.82) is 0 Å². The number of rotatable bonds is 2. The molecular weight excluding hydrogens is 162 g/mol. The molecule has 1 fully saturated rings. The summed E-state index contributed by atoms with van der Waals surface area (Å²) in [5.74, 6) is 3.26. The van der Waals surface area contributed by atoms with E-state index in [1.807, 2.05) is 19.1 Å². The molecule has 1 aliphatic carbocycles. The molecule has 1 heterocycles. The minimum absolute atomic E-state index is 0.136. The molecule has 3 atom stereocenters. The maximum Gasteiger partial charge on any atom is 0.277 e. The third kappa shape index (κ3) is 1.47. The summed E-state index contributed by atoms with van der Waals surface area (Å²) < 4.78 is 5.62. The Morgan fingerprint density at radius 2 is 2.31 bits per heavy atom. The van der Waals surface area contributed by atoms with Crippen molar-refractivity contribution < 1.29 is 4.42 Å². The summed E-state index contributed by atoms with van der Waals surface area (Å²) >= 11 is 0. The zero-order valence-electron chi connectivity index (χ0n) is 7.95. The van der Waals surface area contributed by atoms with Crippen LogP contribution >= 0.6 is 0 Å². The first-order valence-corrected chi connectivity index (χ1v) is 4.68. The second-order valence-electron chi connectivity index (χ2n) is 3.86. The maximum atomic E-state index is 6.88. The van der Waals surface area contributed by atoms with Gasteiger partial charge in [-0.1, -0.05) is 6.92 Å². The van der Waals surface area contributed by atoms with Gasteiger partial charge in [0.1, 0.15) is 5.76 Å². The van der Waals surface area contributed by atoms with Crippen LogP contribution in [-0.2, 0) is 0 Å². The average molecular weight is 175 g/mol. The smallest absolute Gasteiger partial charge is 0.277 e. The molecule has 1 aliphatic rings. The molecule has 0 amide bonds. The molecule has 68 valence electrons. The van der Waals surface area contributed by atoms with E-state index in [0.29, 0.717) is 5.92 Å². The zero-order chi connectivity index (χ0) is 9.42. The standard InChI is InChI=1S/C11H13NO/c1-7-6-9(7)11-5-4-10(13-11)8(2)12-3/h4-5,7-9H,6H2,1-2H3. The quantitative estimate of drug-likeness (QED) is 0.630. The van der Waals surface area contributed by atoms with Gasteiger partial charge >= 0.3 is 0 Å². The lowest BCUT2D eigenvalue weighted by Crippen LogP contribution is -1.81. The van der Waals surface area contributed by atoms with Crippen molar-refractivity contribution in [1.82, 2.24) is 0 Å². The number of nitrogens with zero attached hydrogens (tertiary/aromatic N) is 1. The predicted octanol–water partition coefficient (Wildman–Crippen LogP) is 3.38. The predicted molar refractivity (Wildman–Crippen MR) is 50.2 cm³/mol. The molecule has 0 aliphatic heterocycles. The molecule has 0 spiro atoms. The van der Waals surface area contributed by atoms with E-state index in [1.54, 1.807) is 0 Å². The Morgan fingerprint density at radius 1 is 1.62 bits per heavy atom. The second-order valence-corrected chi connectivity index (χ2v) is 3.86. The van der Waals surface area contributed by atoms with Gasteiger partial charge in [0.25, 0.3) is 6.04 Å².